The van der Waals surface area contributed by atoms with Gasteiger partial charge in [0, 0.05) is 10.6 Å². The van der Waals surface area contributed by atoms with Crippen LogP contribution in [0.3, 0.4) is 0 Å². The van der Waals surface area contributed by atoms with E-state index < -0.39 is 0 Å². The fourth-order valence-electron chi connectivity index (χ4n) is 2.61. The van der Waals surface area contributed by atoms with Gasteiger partial charge in [0.25, 0.3) is 0 Å². The highest BCUT2D eigenvalue weighted by Gasteiger charge is 2.16. The first-order valence-corrected chi connectivity index (χ1v) is 7.10. The Morgan fingerprint density at radius 3 is 2.14 bits per heavy atom. The molecule has 1 unspecified atom stereocenters. The summed E-state index contributed by atoms with van der Waals surface area (Å²) in [6.07, 6.45) is 0. The second-order valence-corrected chi connectivity index (χ2v) is 5.49. The maximum Gasteiger partial charge on any atom is 0.125 e. The Labute approximate surface area is 130 Å². The van der Waals surface area contributed by atoms with Crippen molar-refractivity contribution in [2.45, 2.75) is 19.9 Å². The molecule has 0 aliphatic heterocycles. The maximum absolute atomic E-state index is 6.41. The molecule has 0 bridgehead atoms. The summed E-state index contributed by atoms with van der Waals surface area (Å²) in [4.78, 5) is 0. The summed E-state index contributed by atoms with van der Waals surface area (Å²) in [5, 5.41) is 0.630. The van der Waals surface area contributed by atoms with Gasteiger partial charge in [0.05, 0.1) is 20.3 Å². The van der Waals surface area contributed by atoms with Crippen molar-refractivity contribution in [3.8, 4) is 11.5 Å². The van der Waals surface area contributed by atoms with Crippen LogP contribution in [0.4, 0.5) is 0 Å². The van der Waals surface area contributed by atoms with Gasteiger partial charge in [0.2, 0.25) is 0 Å². The van der Waals surface area contributed by atoms with E-state index in [9.17, 15) is 0 Å². The van der Waals surface area contributed by atoms with Gasteiger partial charge in [-0.2, -0.15) is 0 Å². The van der Waals surface area contributed by atoms with Crippen LogP contribution in [0.2, 0.25) is 5.02 Å². The standard InChI is InChI=1S/C17H20ClNO2/c1-10-7-12(8-11(2)17(10)21-4)16(19)14-6-5-13(18)9-15(14)20-3/h5-9,16H,19H2,1-4H3. The van der Waals surface area contributed by atoms with Crippen LogP contribution in [0.1, 0.15) is 28.3 Å². The van der Waals surface area contributed by atoms with Crippen molar-refractivity contribution in [3.05, 3.63) is 57.6 Å². The van der Waals surface area contributed by atoms with Gasteiger partial charge in [-0.1, -0.05) is 29.8 Å². The highest BCUT2D eigenvalue weighted by Crippen LogP contribution is 2.33. The average Bonchev–Trinajstić information content (AvgIpc) is 2.46. The largest absolute Gasteiger partial charge is 0.496 e. The Bertz CT molecular complexity index is 632. The van der Waals surface area contributed by atoms with E-state index in [1.165, 1.54) is 0 Å². The third-order valence-corrected chi connectivity index (χ3v) is 3.81. The number of rotatable bonds is 4. The topological polar surface area (TPSA) is 44.5 Å². The van der Waals surface area contributed by atoms with Crippen LogP contribution in [-0.4, -0.2) is 14.2 Å². The minimum absolute atomic E-state index is 0.277. The lowest BCUT2D eigenvalue weighted by Crippen LogP contribution is -2.14. The van der Waals surface area contributed by atoms with Gasteiger partial charge in [-0.25, -0.2) is 0 Å². The zero-order chi connectivity index (χ0) is 15.6. The Hall–Kier alpha value is -1.71. The van der Waals surface area contributed by atoms with Crippen LogP contribution in [0.5, 0.6) is 11.5 Å². The quantitative estimate of drug-likeness (QED) is 0.928. The van der Waals surface area contributed by atoms with E-state index in [4.69, 9.17) is 26.8 Å². The van der Waals surface area contributed by atoms with Crippen LogP contribution < -0.4 is 15.2 Å². The number of hydrogen-bond donors (Lipinski definition) is 1. The summed E-state index contributed by atoms with van der Waals surface area (Å²) in [6.45, 7) is 4.03. The molecule has 0 saturated carbocycles. The number of ether oxygens (including phenoxy) is 2. The third kappa shape index (κ3) is 3.14. The lowest BCUT2D eigenvalue weighted by Gasteiger charge is -2.19. The molecular formula is C17H20ClNO2. The summed E-state index contributed by atoms with van der Waals surface area (Å²) in [5.41, 5.74) is 10.5. The van der Waals surface area contributed by atoms with E-state index in [-0.39, 0.29) is 6.04 Å². The molecule has 0 spiro atoms. The molecule has 2 aromatic rings. The molecular weight excluding hydrogens is 286 g/mol. The van der Waals surface area contributed by atoms with Crippen LogP contribution in [-0.2, 0) is 0 Å². The van der Waals surface area contributed by atoms with Crippen molar-refractivity contribution >= 4 is 11.6 Å². The lowest BCUT2D eigenvalue weighted by molar-refractivity contribution is 0.406. The van der Waals surface area contributed by atoms with Gasteiger partial charge in [-0.05, 0) is 42.7 Å². The molecule has 4 heteroatoms. The van der Waals surface area contributed by atoms with Gasteiger partial charge in [0.1, 0.15) is 11.5 Å². The Kier molecular flexibility index (Phi) is 4.76. The Morgan fingerprint density at radius 2 is 1.62 bits per heavy atom. The number of benzene rings is 2. The molecule has 0 heterocycles. The van der Waals surface area contributed by atoms with Crippen molar-refractivity contribution in [2.75, 3.05) is 14.2 Å². The molecule has 0 fully saturated rings. The van der Waals surface area contributed by atoms with Crippen molar-refractivity contribution < 1.29 is 9.47 Å². The van der Waals surface area contributed by atoms with E-state index in [2.05, 4.69) is 0 Å². The van der Waals surface area contributed by atoms with Gasteiger partial charge in [-0.15, -0.1) is 0 Å². The SMILES string of the molecule is COc1cc(Cl)ccc1C(N)c1cc(C)c(OC)c(C)c1. The fourth-order valence-corrected chi connectivity index (χ4v) is 2.77. The molecule has 2 N–H and O–H groups in total. The molecule has 0 aliphatic carbocycles. The van der Waals surface area contributed by atoms with Crippen LogP contribution >= 0.6 is 11.6 Å². The van der Waals surface area contributed by atoms with Crippen molar-refractivity contribution in [2.24, 2.45) is 5.73 Å². The van der Waals surface area contributed by atoms with E-state index in [0.29, 0.717) is 10.8 Å². The summed E-state index contributed by atoms with van der Waals surface area (Å²) < 4.78 is 10.8. The number of hydrogen-bond acceptors (Lipinski definition) is 3. The first-order chi connectivity index (χ1) is 9.97. The van der Waals surface area contributed by atoms with Crippen molar-refractivity contribution in [1.29, 1.82) is 0 Å². The highest BCUT2D eigenvalue weighted by molar-refractivity contribution is 6.30. The van der Waals surface area contributed by atoms with E-state index in [0.717, 1.165) is 28.0 Å². The summed E-state index contributed by atoms with van der Waals surface area (Å²) in [7, 11) is 3.30. The molecule has 0 radical (unpaired) electrons. The normalized spacial score (nSPS) is 12.1. The summed E-state index contributed by atoms with van der Waals surface area (Å²) in [6, 6.07) is 9.32. The van der Waals surface area contributed by atoms with Crippen LogP contribution in [0, 0.1) is 13.8 Å². The smallest absolute Gasteiger partial charge is 0.125 e. The lowest BCUT2D eigenvalue weighted by atomic mass is 9.95. The molecule has 0 amide bonds. The molecule has 0 aliphatic rings. The number of nitrogens with two attached hydrogens (primary N) is 1. The molecule has 112 valence electrons. The summed E-state index contributed by atoms with van der Waals surface area (Å²) in [5.74, 6) is 1.59. The van der Waals surface area contributed by atoms with E-state index in [1.807, 2.05) is 38.1 Å². The Morgan fingerprint density at radius 1 is 1.00 bits per heavy atom. The number of halogens is 1. The minimum atomic E-state index is -0.277. The highest BCUT2D eigenvalue weighted by atomic mass is 35.5. The van der Waals surface area contributed by atoms with Gasteiger partial charge < -0.3 is 15.2 Å². The Balaban J connectivity index is 2.47. The third-order valence-electron chi connectivity index (χ3n) is 3.58. The minimum Gasteiger partial charge on any atom is -0.496 e. The molecule has 2 aromatic carbocycles. The van der Waals surface area contributed by atoms with Gasteiger partial charge in [-0.3, -0.25) is 0 Å². The molecule has 2 rings (SSSR count). The molecule has 21 heavy (non-hydrogen) atoms. The van der Waals surface area contributed by atoms with E-state index in [1.54, 1.807) is 20.3 Å². The predicted molar refractivity (Wildman–Crippen MR) is 86.5 cm³/mol. The predicted octanol–water partition coefficient (Wildman–Crippen LogP) is 4.02. The van der Waals surface area contributed by atoms with Crippen LogP contribution in [0.15, 0.2) is 30.3 Å². The van der Waals surface area contributed by atoms with Gasteiger partial charge >= 0.3 is 0 Å². The zero-order valence-corrected chi connectivity index (χ0v) is 13.5. The van der Waals surface area contributed by atoms with Crippen LogP contribution in [0.25, 0.3) is 0 Å². The molecule has 0 saturated heterocycles. The second kappa shape index (κ2) is 6.37. The fraction of sp³-hybridized carbons (Fsp3) is 0.294. The van der Waals surface area contributed by atoms with Crippen molar-refractivity contribution in [3.63, 3.8) is 0 Å². The zero-order valence-electron chi connectivity index (χ0n) is 12.7. The monoisotopic (exact) mass is 305 g/mol. The van der Waals surface area contributed by atoms with E-state index >= 15 is 0 Å². The summed E-state index contributed by atoms with van der Waals surface area (Å²) >= 11 is 6.00. The second-order valence-electron chi connectivity index (χ2n) is 5.05. The molecule has 0 aromatic heterocycles. The van der Waals surface area contributed by atoms with Crippen molar-refractivity contribution in [1.82, 2.24) is 0 Å². The number of methoxy groups -OCH3 is 2. The maximum atomic E-state index is 6.41. The molecule has 3 nitrogen and oxygen atoms in total. The average molecular weight is 306 g/mol. The molecule has 1 atom stereocenters. The number of aryl methyl sites for hydroxylation is 2. The first-order valence-electron chi connectivity index (χ1n) is 6.72. The first kappa shape index (κ1) is 15.7. The van der Waals surface area contributed by atoms with Gasteiger partial charge in [0.15, 0.2) is 0 Å².